The number of carbonyl (C=O) groups excluding carboxylic acids is 2. The molecule has 31 heavy (non-hydrogen) atoms. The van der Waals surface area contributed by atoms with Crippen molar-refractivity contribution in [1.82, 2.24) is 0 Å². The quantitative estimate of drug-likeness (QED) is 0.450. The van der Waals surface area contributed by atoms with E-state index in [9.17, 15) is 9.59 Å². The van der Waals surface area contributed by atoms with E-state index >= 15 is 0 Å². The molecule has 7 nitrogen and oxygen atoms in total. The summed E-state index contributed by atoms with van der Waals surface area (Å²) in [6.45, 7) is 5.98. The molecule has 0 N–H and O–H groups in total. The normalized spacial score (nSPS) is 16.8. The van der Waals surface area contributed by atoms with Gasteiger partial charge in [-0.1, -0.05) is 15.9 Å². The second-order valence-electron chi connectivity index (χ2n) is 7.11. The maximum Gasteiger partial charge on any atom is 0.347 e. The van der Waals surface area contributed by atoms with E-state index in [1.54, 1.807) is 39.0 Å². The van der Waals surface area contributed by atoms with Gasteiger partial charge in [-0.05, 0) is 51.1 Å². The molecule has 2 aliphatic heterocycles. The molecule has 1 unspecified atom stereocenters. The van der Waals surface area contributed by atoms with Gasteiger partial charge in [0.05, 0.1) is 18.8 Å². The molecule has 8 heteroatoms. The Morgan fingerprint density at radius 1 is 1.29 bits per heavy atom. The van der Waals surface area contributed by atoms with Gasteiger partial charge in [0.25, 0.3) is 0 Å². The average molecular weight is 489 g/mol. The number of rotatable bonds is 5. The first-order chi connectivity index (χ1) is 14.9. The van der Waals surface area contributed by atoms with Gasteiger partial charge in [0, 0.05) is 21.2 Å². The predicted molar refractivity (Wildman–Crippen MR) is 115 cm³/mol. The molecule has 4 rings (SSSR count). The first-order valence-electron chi connectivity index (χ1n) is 9.83. The number of fused-ring (bicyclic) bond motifs is 2. The Balaban J connectivity index is 1.64. The Morgan fingerprint density at radius 3 is 2.87 bits per heavy atom. The van der Waals surface area contributed by atoms with Gasteiger partial charge in [0.15, 0.2) is 18.7 Å². The Hall–Kier alpha value is -2.84. The minimum atomic E-state index is -0.781. The van der Waals surface area contributed by atoms with Gasteiger partial charge in [-0.2, -0.15) is 0 Å². The molecule has 0 saturated carbocycles. The van der Waals surface area contributed by atoms with Crippen LogP contribution >= 0.6 is 15.9 Å². The third-order valence-electron chi connectivity index (χ3n) is 4.95. The first-order valence-corrected chi connectivity index (χ1v) is 10.6. The highest BCUT2D eigenvalue weighted by Crippen LogP contribution is 2.41. The number of ketones is 1. The fourth-order valence-corrected chi connectivity index (χ4v) is 3.97. The monoisotopic (exact) mass is 488 g/mol. The summed E-state index contributed by atoms with van der Waals surface area (Å²) < 4.78 is 28.5. The van der Waals surface area contributed by atoms with Crippen molar-refractivity contribution in [3.8, 4) is 17.2 Å². The Morgan fingerprint density at radius 2 is 2.10 bits per heavy atom. The van der Waals surface area contributed by atoms with Crippen LogP contribution in [0.5, 0.6) is 17.2 Å². The lowest BCUT2D eigenvalue weighted by Gasteiger charge is -2.20. The van der Waals surface area contributed by atoms with Crippen LogP contribution in [-0.2, 0) is 20.9 Å². The molecule has 0 fully saturated rings. The molecule has 0 amide bonds. The molecule has 0 aliphatic carbocycles. The zero-order valence-corrected chi connectivity index (χ0v) is 18.9. The van der Waals surface area contributed by atoms with E-state index in [0.717, 1.165) is 10.0 Å². The van der Waals surface area contributed by atoms with E-state index < -0.39 is 12.1 Å². The molecular formula is C23H21BrO7. The summed E-state index contributed by atoms with van der Waals surface area (Å²) in [6, 6.07) is 7.08. The molecule has 0 saturated heterocycles. The van der Waals surface area contributed by atoms with Crippen LogP contribution in [0.15, 0.2) is 34.5 Å². The van der Waals surface area contributed by atoms with Crippen LogP contribution < -0.4 is 14.2 Å². The van der Waals surface area contributed by atoms with Gasteiger partial charge in [0.2, 0.25) is 5.78 Å². The summed E-state index contributed by atoms with van der Waals surface area (Å²) in [6.07, 6.45) is 0.884. The van der Waals surface area contributed by atoms with Crippen LogP contribution in [0.3, 0.4) is 0 Å². The number of halogens is 1. The fraction of sp³-hybridized carbons (Fsp3) is 0.304. The lowest BCUT2D eigenvalue weighted by molar-refractivity contribution is -0.150. The largest absolute Gasteiger partial charge is 0.479 e. The standard InChI is InChI=1S/C23H21BrO7/c1-4-28-23(26)13(3)30-18-6-5-17-20(25)19(31-21(17)12(18)2)9-14-7-16(24)8-15-10-27-11-29-22(14)15/h5-9,13H,4,10-11H2,1-3H3/b19-9-. The van der Waals surface area contributed by atoms with E-state index in [-0.39, 0.29) is 24.9 Å². The molecule has 0 aromatic heterocycles. The predicted octanol–water partition coefficient (Wildman–Crippen LogP) is 4.57. The summed E-state index contributed by atoms with van der Waals surface area (Å²) in [7, 11) is 0. The molecule has 2 aliphatic rings. The van der Waals surface area contributed by atoms with Gasteiger partial charge in [-0.25, -0.2) is 4.79 Å². The van der Waals surface area contributed by atoms with Crippen molar-refractivity contribution < 1.29 is 33.3 Å². The molecule has 2 aromatic rings. The van der Waals surface area contributed by atoms with Gasteiger partial charge >= 0.3 is 5.97 Å². The van der Waals surface area contributed by atoms with Gasteiger partial charge < -0.3 is 23.7 Å². The van der Waals surface area contributed by atoms with Crippen molar-refractivity contribution in [2.45, 2.75) is 33.5 Å². The number of esters is 1. The van der Waals surface area contributed by atoms with Gasteiger partial charge in [-0.3, -0.25) is 4.79 Å². The first kappa shape index (κ1) is 21.4. The van der Waals surface area contributed by atoms with E-state index in [0.29, 0.717) is 40.5 Å². The van der Waals surface area contributed by atoms with Crippen molar-refractivity contribution in [1.29, 1.82) is 0 Å². The molecule has 1 atom stereocenters. The summed E-state index contributed by atoms with van der Waals surface area (Å²) >= 11 is 3.48. The molecule has 162 valence electrons. The summed E-state index contributed by atoms with van der Waals surface area (Å²) in [5.74, 6) is 1.03. The maximum atomic E-state index is 12.9. The molecule has 0 radical (unpaired) electrons. The van der Waals surface area contributed by atoms with E-state index in [2.05, 4.69) is 15.9 Å². The van der Waals surface area contributed by atoms with E-state index in [1.807, 2.05) is 12.1 Å². The Kier molecular flexibility index (Phi) is 6.02. The van der Waals surface area contributed by atoms with Crippen molar-refractivity contribution in [3.63, 3.8) is 0 Å². The van der Waals surface area contributed by atoms with Gasteiger partial charge in [-0.15, -0.1) is 0 Å². The Bertz CT molecular complexity index is 1090. The number of hydrogen-bond acceptors (Lipinski definition) is 7. The van der Waals surface area contributed by atoms with E-state index in [1.165, 1.54) is 0 Å². The summed E-state index contributed by atoms with van der Waals surface area (Å²) in [5.41, 5.74) is 2.67. The molecular weight excluding hydrogens is 468 g/mol. The van der Waals surface area contributed by atoms with Crippen molar-refractivity contribution in [3.05, 3.63) is 56.8 Å². The second kappa shape index (κ2) is 8.72. The van der Waals surface area contributed by atoms with Crippen molar-refractivity contribution in [2.75, 3.05) is 13.4 Å². The zero-order valence-electron chi connectivity index (χ0n) is 17.3. The summed E-state index contributed by atoms with van der Waals surface area (Å²) in [4.78, 5) is 24.8. The molecule has 0 bridgehead atoms. The van der Waals surface area contributed by atoms with Crippen LogP contribution in [0, 0.1) is 6.92 Å². The number of allylic oxidation sites excluding steroid dienone is 1. The van der Waals surface area contributed by atoms with Crippen LogP contribution in [0.2, 0.25) is 0 Å². The van der Waals surface area contributed by atoms with Gasteiger partial charge in [0.1, 0.15) is 17.2 Å². The minimum absolute atomic E-state index is 0.151. The highest BCUT2D eigenvalue weighted by molar-refractivity contribution is 9.10. The van der Waals surface area contributed by atoms with Crippen molar-refractivity contribution in [2.24, 2.45) is 0 Å². The summed E-state index contributed by atoms with van der Waals surface area (Å²) in [5, 5.41) is 0. The topological polar surface area (TPSA) is 80.3 Å². The maximum absolute atomic E-state index is 12.9. The Labute approximate surface area is 188 Å². The fourth-order valence-electron chi connectivity index (χ4n) is 3.45. The minimum Gasteiger partial charge on any atom is -0.479 e. The van der Waals surface area contributed by atoms with Crippen LogP contribution in [0.1, 0.15) is 40.9 Å². The second-order valence-corrected chi connectivity index (χ2v) is 8.03. The number of Topliss-reactive ketones (excluding diaryl/α,β-unsaturated/α-hetero) is 1. The highest BCUT2D eigenvalue weighted by atomic mass is 79.9. The van der Waals surface area contributed by atoms with Crippen LogP contribution in [0.4, 0.5) is 0 Å². The molecule has 2 heterocycles. The molecule has 0 spiro atoms. The lowest BCUT2D eigenvalue weighted by Crippen LogP contribution is -2.26. The number of carbonyl (C=O) groups is 2. The lowest BCUT2D eigenvalue weighted by atomic mass is 10.0. The number of ether oxygens (including phenoxy) is 5. The highest BCUT2D eigenvalue weighted by Gasteiger charge is 2.31. The molecule has 2 aromatic carbocycles. The van der Waals surface area contributed by atoms with Crippen LogP contribution in [0.25, 0.3) is 6.08 Å². The third-order valence-corrected chi connectivity index (χ3v) is 5.41. The van der Waals surface area contributed by atoms with Crippen molar-refractivity contribution >= 4 is 33.8 Å². The number of hydrogen-bond donors (Lipinski definition) is 0. The third kappa shape index (κ3) is 4.18. The average Bonchev–Trinajstić information content (AvgIpc) is 3.06. The SMILES string of the molecule is CCOC(=O)C(C)Oc1ccc2c(c1C)O/C(=C\c1cc(Br)cc3c1OCOC3)C2=O. The van der Waals surface area contributed by atoms with Crippen LogP contribution in [-0.4, -0.2) is 31.3 Å². The zero-order chi connectivity index (χ0) is 22.1. The van der Waals surface area contributed by atoms with E-state index in [4.69, 9.17) is 23.7 Å². The smallest absolute Gasteiger partial charge is 0.347 e. The number of benzene rings is 2.